The molecule has 0 aliphatic carbocycles. The van der Waals surface area contributed by atoms with E-state index in [9.17, 15) is 0 Å². The van der Waals surface area contributed by atoms with Crippen molar-refractivity contribution in [2.24, 2.45) is 28.3 Å². The van der Waals surface area contributed by atoms with Gasteiger partial charge < -0.3 is 53.0 Å². The molecule has 0 aromatic carbocycles. The molecule has 0 bridgehead atoms. The van der Waals surface area contributed by atoms with Gasteiger partial charge in [0.25, 0.3) is 0 Å². The molecule has 0 aromatic heterocycles. The Balaban J connectivity index is 0.000000366. The number of hydrogen-bond donors (Lipinski definition) is 6. The molecule has 11 atom stereocenters. The molecule has 746 valence electrons. The zero-order valence-electron chi connectivity index (χ0n) is 90.6. The molecule has 0 amide bonds. The normalized spacial score (nSPS) is 27.2. The van der Waals surface area contributed by atoms with Gasteiger partial charge in [0.1, 0.15) is 0 Å². The first-order valence-electron chi connectivity index (χ1n) is 53.9. The number of methoxy groups -OCH3 is 1. The van der Waals surface area contributed by atoms with Gasteiger partial charge in [-0.1, -0.05) is 145 Å². The Morgan fingerprint density at radius 1 is 0.352 bits per heavy atom. The van der Waals surface area contributed by atoms with Gasteiger partial charge in [-0.2, -0.15) is 0 Å². The van der Waals surface area contributed by atoms with Crippen LogP contribution in [-0.4, -0.2) is 350 Å². The quantitative estimate of drug-likeness (QED) is 0.0365. The van der Waals surface area contributed by atoms with E-state index >= 15 is 0 Å². The Labute approximate surface area is 781 Å². The Morgan fingerprint density at radius 3 is 1.02 bits per heavy atom. The first-order chi connectivity index (χ1) is 59.0. The summed E-state index contributed by atoms with van der Waals surface area (Å²) < 4.78 is 5.83. The van der Waals surface area contributed by atoms with E-state index in [-0.39, 0.29) is 33.1 Å². The first-order valence-corrected chi connectivity index (χ1v) is 53.9. The van der Waals surface area contributed by atoms with Gasteiger partial charge in [-0.15, -0.1) is 0 Å². The Bertz CT molecular complexity index is 2700. The molecular weight excluding hydrogens is 1540 g/mol. The van der Waals surface area contributed by atoms with Gasteiger partial charge >= 0.3 is 0 Å². The molecule has 11 heterocycles. The van der Waals surface area contributed by atoms with Crippen LogP contribution in [0.5, 0.6) is 0 Å². The lowest BCUT2D eigenvalue weighted by atomic mass is 9.67. The molecule has 11 saturated heterocycles. The van der Waals surface area contributed by atoms with E-state index in [1.54, 1.807) is 0 Å². The number of likely N-dealkylation sites (tertiary alicyclic amines) is 10. The van der Waals surface area contributed by atoms with Crippen molar-refractivity contribution in [3.8, 4) is 0 Å². The summed E-state index contributed by atoms with van der Waals surface area (Å²) in [5, 5.41) is 6.95. The van der Waals surface area contributed by atoms with Gasteiger partial charge in [-0.05, 0) is 419 Å². The van der Waals surface area contributed by atoms with E-state index in [1.807, 2.05) is 7.11 Å². The SMILES string of the molecule is CC(C)(N)C1CCCN1.CCC(N)(CC)C1CCCN1C.CCN1CCCC1C(CC)(CC)N(C)C.CCN1CCCC1C(CC)(CC)N(C)CC.CCN1CCCC1C(CC)(CC)N1CCCC1.CCN1CCCC1C(CC)(CC)NC.CCN1CCCC1C(N)(CC)CC.CN1CCCC1C(C)(C)N.COC1CCN(C)C1C(C)(N1CCCC1)C(C)(C)C. The zero-order valence-corrected chi connectivity index (χ0v) is 90.6. The van der Waals surface area contributed by atoms with Gasteiger partial charge in [0.2, 0.25) is 0 Å². The summed E-state index contributed by atoms with van der Waals surface area (Å²) in [5.74, 6) is 0. The summed E-state index contributed by atoms with van der Waals surface area (Å²) >= 11 is 0. The molecule has 0 radical (unpaired) electrons. The molecule has 11 aliphatic rings. The van der Waals surface area contributed by atoms with Crippen LogP contribution in [0.3, 0.4) is 0 Å². The molecule has 11 unspecified atom stereocenters. The van der Waals surface area contributed by atoms with Crippen molar-refractivity contribution in [1.82, 2.24) is 69.4 Å². The third kappa shape index (κ3) is 30.6. The van der Waals surface area contributed by atoms with Crippen molar-refractivity contribution in [3.05, 3.63) is 0 Å². The Morgan fingerprint density at radius 2 is 0.712 bits per heavy atom. The van der Waals surface area contributed by atoms with Gasteiger partial charge in [-0.3, -0.25) is 44.1 Å². The topological polar surface area (TPSA) is 176 Å². The third-order valence-electron chi connectivity index (χ3n) is 36.2. The highest BCUT2D eigenvalue weighted by molar-refractivity contribution is 5.12. The molecule has 125 heavy (non-hydrogen) atoms. The summed E-state index contributed by atoms with van der Waals surface area (Å²) in [6.45, 7) is 83.0. The molecule has 0 saturated carbocycles. The van der Waals surface area contributed by atoms with Crippen molar-refractivity contribution >= 4 is 0 Å². The fourth-order valence-electron chi connectivity index (χ4n) is 26.9. The lowest BCUT2D eigenvalue weighted by Gasteiger charge is -2.55. The zero-order chi connectivity index (χ0) is 94.6. The van der Waals surface area contributed by atoms with Gasteiger partial charge in [0.05, 0.1) is 12.1 Å². The second-order valence-corrected chi connectivity index (χ2v) is 43.6. The van der Waals surface area contributed by atoms with Crippen LogP contribution in [0.1, 0.15) is 392 Å². The number of nitrogens with two attached hydrogens (primary N) is 4. The smallest absolute Gasteiger partial charge is 0.0756 e. The molecule has 19 nitrogen and oxygen atoms in total. The first kappa shape index (κ1) is 118. The van der Waals surface area contributed by atoms with Crippen LogP contribution in [0.15, 0.2) is 0 Å². The fraction of sp³-hybridized carbons (Fsp3) is 1.00. The summed E-state index contributed by atoms with van der Waals surface area (Å²) in [6, 6.07) is 6.00. The maximum absolute atomic E-state index is 6.43. The van der Waals surface area contributed by atoms with Gasteiger partial charge in [0.15, 0.2) is 0 Å². The lowest BCUT2D eigenvalue weighted by molar-refractivity contribution is -0.0748. The van der Waals surface area contributed by atoms with Crippen LogP contribution in [0.2, 0.25) is 0 Å². The molecular formula is C106H226N18O. The minimum Gasteiger partial charge on any atom is -0.380 e. The van der Waals surface area contributed by atoms with Gasteiger partial charge in [-0.25, -0.2) is 0 Å². The predicted octanol–water partition coefficient (Wildman–Crippen LogP) is 18.4. The van der Waals surface area contributed by atoms with Gasteiger partial charge in [0, 0.05) is 112 Å². The highest BCUT2D eigenvalue weighted by Crippen LogP contribution is 2.47. The number of nitrogens with zero attached hydrogens (tertiary/aromatic N) is 12. The molecule has 0 spiro atoms. The summed E-state index contributed by atoms with van der Waals surface area (Å²) in [7, 11) is 17.4. The number of likely N-dealkylation sites (N-methyl/N-ethyl adjacent to an activating group) is 11. The number of ether oxygens (including phenoxy) is 1. The van der Waals surface area contributed by atoms with E-state index < -0.39 is 0 Å². The largest absolute Gasteiger partial charge is 0.380 e. The number of rotatable bonds is 33. The number of hydrogen-bond acceptors (Lipinski definition) is 19. The van der Waals surface area contributed by atoms with Crippen molar-refractivity contribution in [2.75, 3.05) is 181 Å². The molecule has 0 aromatic rings. The summed E-state index contributed by atoms with van der Waals surface area (Å²) in [4.78, 5) is 31.2. The Hall–Kier alpha value is -0.760. The van der Waals surface area contributed by atoms with Crippen LogP contribution in [-0.2, 0) is 4.74 Å². The lowest BCUT2D eigenvalue weighted by Crippen LogP contribution is -2.66. The van der Waals surface area contributed by atoms with E-state index in [4.69, 9.17) is 27.7 Å². The standard InChI is InChI=1S/C16H32N2O.C15H30N2.C14H30N2.C13H28N2.C12H26N2.C11H24N2.C10H22N2.C8H18N2.C7H16N2/c1-15(2,3)16(4,18-10-7-8-11-18)14-13(19-6)9-12-17(14)5;1-4-15(5-2,17-12-7-8-13-17)14-10-9-11-16(14)6-3;1-6-14(7-2,15(5)8-3)13-11-10-12-16(13)9-4;1-6-13(7-2,14(4)5)12-10-9-11-15(12)8-3;1-5-12(6-2,13-4)11-9-8-10-14(11)7-3;1-4-11(12,5-2)10-8-7-9-13(10)6-3;1-4-10(11,5-2)9-7-6-8-12(9)3;1-8(2,9)7-5-4-6-10(7)3;1-7(2,8)6-4-3-5-9-6/h13-14H,7-12H2,1-6H3;14H,4-13H2,1-3H3;13H,6-12H2,1-5H3;12H,6-11H2,1-5H3;11,13H,5-10H2,1-4H3;10H,4-9,12H2,1-3H3;9H,4-8,11H2,1-3H3;7H,4-6,9H2,1-3H3;6,9H,3-5,8H2,1-2H3. The molecule has 10 N–H and O–H groups in total. The van der Waals surface area contributed by atoms with E-state index in [0.29, 0.717) is 58.5 Å². The average molecular weight is 1770 g/mol. The van der Waals surface area contributed by atoms with Crippen LogP contribution in [0.4, 0.5) is 0 Å². The van der Waals surface area contributed by atoms with E-state index in [2.05, 4.69) is 299 Å². The predicted molar refractivity (Wildman–Crippen MR) is 551 cm³/mol. The Kier molecular flexibility index (Phi) is 53.7. The monoisotopic (exact) mass is 1770 g/mol. The van der Waals surface area contributed by atoms with Crippen LogP contribution in [0, 0.1) is 5.41 Å². The highest BCUT2D eigenvalue weighted by atomic mass is 16.5. The molecule has 11 rings (SSSR count). The van der Waals surface area contributed by atoms with Crippen molar-refractivity contribution in [2.45, 2.75) is 502 Å². The van der Waals surface area contributed by atoms with Crippen LogP contribution in [0.25, 0.3) is 0 Å². The third-order valence-corrected chi connectivity index (χ3v) is 36.2. The summed E-state index contributed by atoms with van der Waals surface area (Å²) in [5.41, 5.74) is 26.8. The minimum absolute atomic E-state index is 0.0226. The van der Waals surface area contributed by atoms with Crippen molar-refractivity contribution in [3.63, 3.8) is 0 Å². The minimum atomic E-state index is -0.0312. The summed E-state index contributed by atoms with van der Waals surface area (Å²) in [6.07, 6.45) is 43.1. The van der Waals surface area contributed by atoms with Crippen molar-refractivity contribution in [1.29, 1.82) is 0 Å². The molecule has 19 heteroatoms. The second kappa shape index (κ2) is 56.7. The van der Waals surface area contributed by atoms with E-state index in [1.165, 1.54) is 278 Å². The van der Waals surface area contributed by atoms with Crippen molar-refractivity contribution < 1.29 is 4.74 Å². The second-order valence-electron chi connectivity index (χ2n) is 43.6. The molecule has 11 fully saturated rings. The average Bonchev–Trinajstić information content (AvgIpc) is 1.66. The maximum atomic E-state index is 6.43. The fourth-order valence-corrected chi connectivity index (χ4v) is 26.9. The molecule has 11 aliphatic heterocycles. The number of nitrogens with one attached hydrogen (secondary N) is 2. The van der Waals surface area contributed by atoms with Crippen LogP contribution >= 0.6 is 0 Å². The maximum Gasteiger partial charge on any atom is 0.0756 e. The van der Waals surface area contributed by atoms with E-state index in [0.717, 1.165) is 82.5 Å². The van der Waals surface area contributed by atoms with Crippen LogP contribution < -0.4 is 33.6 Å². The highest BCUT2D eigenvalue weighted by Gasteiger charge is 2.56.